The van der Waals surface area contributed by atoms with E-state index in [1.807, 2.05) is 0 Å². The standard InChI is InChI=1S/C15H21F2N/c1-11(2)9-15(6-3-7-18-15)10-12-4-5-13(16)14(17)8-12/h4-5,8,11,18H,3,6-7,9-10H2,1-2H3. The Bertz CT molecular complexity index is 409. The fraction of sp³-hybridized carbons (Fsp3) is 0.600. The summed E-state index contributed by atoms with van der Waals surface area (Å²) in [5.41, 5.74) is 0.947. The summed E-state index contributed by atoms with van der Waals surface area (Å²) >= 11 is 0. The lowest BCUT2D eigenvalue weighted by molar-refractivity contribution is 0.301. The third kappa shape index (κ3) is 3.08. The highest BCUT2D eigenvalue weighted by Crippen LogP contribution is 2.30. The average Bonchev–Trinajstić information content (AvgIpc) is 2.71. The van der Waals surface area contributed by atoms with Crippen molar-refractivity contribution in [1.29, 1.82) is 0 Å². The smallest absolute Gasteiger partial charge is 0.159 e. The Morgan fingerprint density at radius 2 is 2.06 bits per heavy atom. The summed E-state index contributed by atoms with van der Waals surface area (Å²) in [6.07, 6.45) is 4.13. The molecule has 0 aromatic heterocycles. The van der Waals surface area contributed by atoms with Crippen LogP contribution in [0.2, 0.25) is 0 Å². The number of halogens is 2. The van der Waals surface area contributed by atoms with E-state index in [9.17, 15) is 8.78 Å². The van der Waals surface area contributed by atoms with Crippen LogP contribution in [0.4, 0.5) is 8.78 Å². The van der Waals surface area contributed by atoms with Crippen LogP contribution in [-0.2, 0) is 6.42 Å². The molecule has 1 saturated heterocycles. The maximum atomic E-state index is 13.2. The second-order valence-corrected chi connectivity index (χ2v) is 5.83. The minimum atomic E-state index is -0.768. The summed E-state index contributed by atoms with van der Waals surface area (Å²) in [5, 5.41) is 3.57. The fourth-order valence-electron chi connectivity index (χ4n) is 3.09. The van der Waals surface area contributed by atoms with Gasteiger partial charge in [-0.05, 0) is 55.8 Å². The maximum Gasteiger partial charge on any atom is 0.159 e. The van der Waals surface area contributed by atoms with Crippen molar-refractivity contribution in [2.45, 2.75) is 45.1 Å². The first kappa shape index (κ1) is 13.5. The Morgan fingerprint density at radius 3 is 2.61 bits per heavy atom. The van der Waals surface area contributed by atoms with Crippen LogP contribution in [0.3, 0.4) is 0 Å². The van der Waals surface area contributed by atoms with Crippen LogP contribution in [-0.4, -0.2) is 12.1 Å². The molecule has 3 heteroatoms. The molecular weight excluding hydrogens is 232 g/mol. The first-order valence-electron chi connectivity index (χ1n) is 6.70. The number of benzene rings is 1. The molecule has 1 aromatic carbocycles. The molecule has 1 aliphatic rings. The summed E-state index contributed by atoms with van der Waals surface area (Å²) < 4.78 is 26.2. The zero-order valence-electron chi connectivity index (χ0n) is 11.1. The van der Waals surface area contributed by atoms with Gasteiger partial charge in [-0.1, -0.05) is 19.9 Å². The highest BCUT2D eigenvalue weighted by atomic mass is 19.2. The summed E-state index contributed by atoms with van der Waals surface area (Å²) in [6.45, 7) is 5.43. The number of hydrogen-bond acceptors (Lipinski definition) is 1. The van der Waals surface area contributed by atoms with Gasteiger partial charge in [-0.3, -0.25) is 0 Å². The molecule has 1 N–H and O–H groups in total. The average molecular weight is 253 g/mol. The van der Waals surface area contributed by atoms with Crippen LogP contribution in [0.25, 0.3) is 0 Å². The van der Waals surface area contributed by atoms with Crippen molar-refractivity contribution in [1.82, 2.24) is 5.32 Å². The maximum absolute atomic E-state index is 13.2. The van der Waals surface area contributed by atoms with Gasteiger partial charge in [0.2, 0.25) is 0 Å². The van der Waals surface area contributed by atoms with Crippen molar-refractivity contribution in [2.24, 2.45) is 5.92 Å². The molecule has 1 unspecified atom stereocenters. The van der Waals surface area contributed by atoms with E-state index >= 15 is 0 Å². The van der Waals surface area contributed by atoms with E-state index in [0.717, 1.165) is 37.8 Å². The quantitative estimate of drug-likeness (QED) is 0.863. The monoisotopic (exact) mass is 253 g/mol. The molecule has 0 spiro atoms. The Labute approximate surface area is 108 Å². The van der Waals surface area contributed by atoms with Crippen molar-refractivity contribution in [3.8, 4) is 0 Å². The van der Waals surface area contributed by atoms with Crippen LogP contribution in [0.1, 0.15) is 38.7 Å². The Morgan fingerprint density at radius 1 is 1.28 bits per heavy atom. The predicted molar refractivity (Wildman–Crippen MR) is 69.5 cm³/mol. The molecule has 1 atom stereocenters. The minimum Gasteiger partial charge on any atom is -0.311 e. The van der Waals surface area contributed by atoms with Crippen LogP contribution >= 0.6 is 0 Å². The van der Waals surface area contributed by atoms with E-state index in [0.29, 0.717) is 5.92 Å². The van der Waals surface area contributed by atoms with Gasteiger partial charge in [-0.15, -0.1) is 0 Å². The molecule has 1 heterocycles. The van der Waals surface area contributed by atoms with E-state index in [4.69, 9.17) is 0 Å². The molecular formula is C15H21F2N. The zero-order chi connectivity index (χ0) is 13.2. The molecule has 1 nitrogen and oxygen atoms in total. The normalized spacial score (nSPS) is 23.8. The third-order valence-electron chi connectivity index (χ3n) is 3.66. The molecule has 0 saturated carbocycles. The van der Waals surface area contributed by atoms with Crippen molar-refractivity contribution in [3.63, 3.8) is 0 Å². The topological polar surface area (TPSA) is 12.0 Å². The Hall–Kier alpha value is -0.960. The van der Waals surface area contributed by atoms with Gasteiger partial charge in [-0.2, -0.15) is 0 Å². The highest BCUT2D eigenvalue weighted by molar-refractivity contribution is 5.21. The third-order valence-corrected chi connectivity index (χ3v) is 3.66. The molecule has 2 rings (SSSR count). The molecule has 0 aliphatic carbocycles. The first-order chi connectivity index (χ1) is 8.51. The van der Waals surface area contributed by atoms with E-state index < -0.39 is 11.6 Å². The summed E-state index contributed by atoms with van der Waals surface area (Å²) in [6, 6.07) is 4.25. The summed E-state index contributed by atoms with van der Waals surface area (Å²) in [4.78, 5) is 0. The molecule has 0 radical (unpaired) electrons. The second kappa shape index (κ2) is 5.35. The highest BCUT2D eigenvalue weighted by Gasteiger charge is 2.34. The van der Waals surface area contributed by atoms with E-state index in [2.05, 4.69) is 19.2 Å². The van der Waals surface area contributed by atoms with Crippen LogP contribution in [0.15, 0.2) is 18.2 Å². The molecule has 0 amide bonds. The largest absolute Gasteiger partial charge is 0.311 e. The molecule has 1 aromatic rings. The predicted octanol–water partition coefficient (Wildman–Crippen LogP) is 3.68. The molecule has 0 bridgehead atoms. The number of rotatable bonds is 4. The minimum absolute atomic E-state index is 0.0679. The SMILES string of the molecule is CC(C)CC1(Cc2ccc(F)c(F)c2)CCCN1. The van der Waals surface area contributed by atoms with E-state index in [1.54, 1.807) is 6.07 Å². The lowest BCUT2D eigenvalue weighted by Crippen LogP contribution is -2.43. The van der Waals surface area contributed by atoms with E-state index in [1.165, 1.54) is 12.1 Å². The van der Waals surface area contributed by atoms with Crippen LogP contribution in [0, 0.1) is 17.6 Å². The van der Waals surface area contributed by atoms with Crippen molar-refractivity contribution in [2.75, 3.05) is 6.54 Å². The molecule has 100 valence electrons. The second-order valence-electron chi connectivity index (χ2n) is 5.83. The van der Waals surface area contributed by atoms with Gasteiger partial charge in [0.25, 0.3) is 0 Å². The van der Waals surface area contributed by atoms with Gasteiger partial charge in [-0.25, -0.2) is 8.78 Å². The van der Waals surface area contributed by atoms with Crippen LogP contribution < -0.4 is 5.32 Å². The lowest BCUT2D eigenvalue weighted by atomic mass is 9.82. The zero-order valence-corrected chi connectivity index (χ0v) is 11.1. The van der Waals surface area contributed by atoms with Gasteiger partial charge in [0.1, 0.15) is 0 Å². The number of hydrogen-bond donors (Lipinski definition) is 1. The summed E-state index contributed by atoms with van der Waals surface area (Å²) in [5.74, 6) is -0.915. The first-order valence-corrected chi connectivity index (χ1v) is 6.70. The Balaban J connectivity index is 2.15. The fourth-order valence-corrected chi connectivity index (χ4v) is 3.09. The van der Waals surface area contributed by atoms with Gasteiger partial charge < -0.3 is 5.32 Å². The van der Waals surface area contributed by atoms with E-state index in [-0.39, 0.29) is 5.54 Å². The summed E-state index contributed by atoms with van der Waals surface area (Å²) in [7, 11) is 0. The van der Waals surface area contributed by atoms with Crippen molar-refractivity contribution < 1.29 is 8.78 Å². The molecule has 18 heavy (non-hydrogen) atoms. The van der Waals surface area contributed by atoms with Crippen LogP contribution in [0.5, 0.6) is 0 Å². The van der Waals surface area contributed by atoms with Crippen molar-refractivity contribution in [3.05, 3.63) is 35.4 Å². The van der Waals surface area contributed by atoms with Gasteiger partial charge >= 0.3 is 0 Å². The molecule has 1 aliphatic heterocycles. The number of nitrogens with one attached hydrogen (secondary N) is 1. The lowest BCUT2D eigenvalue weighted by Gasteiger charge is -2.31. The van der Waals surface area contributed by atoms with Crippen molar-refractivity contribution >= 4 is 0 Å². The van der Waals surface area contributed by atoms with Gasteiger partial charge in [0.05, 0.1) is 0 Å². The molecule has 1 fully saturated rings. The van der Waals surface area contributed by atoms with Gasteiger partial charge in [0, 0.05) is 5.54 Å². The Kier molecular flexibility index (Phi) is 4.00. The van der Waals surface area contributed by atoms with Gasteiger partial charge in [0.15, 0.2) is 11.6 Å².